The summed E-state index contributed by atoms with van der Waals surface area (Å²) in [6, 6.07) is 4.81. The molecule has 0 radical (unpaired) electrons. The molecule has 0 aliphatic carbocycles. The number of nitriles is 1. The van der Waals surface area contributed by atoms with Crippen LogP contribution in [0.1, 0.15) is 24.5 Å². The van der Waals surface area contributed by atoms with Crippen molar-refractivity contribution in [1.82, 2.24) is 0 Å². The Kier molecular flexibility index (Phi) is 4.76. The molecule has 0 aliphatic heterocycles. The van der Waals surface area contributed by atoms with Crippen LogP contribution in [-0.2, 0) is 14.3 Å². The Morgan fingerprint density at radius 1 is 1.39 bits per heavy atom. The zero-order valence-electron chi connectivity index (χ0n) is 9.56. The third kappa shape index (κ3) is 4.39. The van der Waals surface area contributed by atoms with Crippen LogP contribution in [0, 0.1) is 23.0 Å². The smallest absolute Gasteiger partial charge is 0.262 e. The van der Waals surface area contributed by atoms with Gasteiger partial charge in [0.15, 0.2) is 11.6 Å². The van der Waals surface area contributed by atoms with Crippen molar-refractivity contribution in [2.45, 2.75) is 18.9 Å². The lowest BCUT2D eigenvalue weighted by Crippen LogP contribution is -2.11. The summed E-state index contributed by atoms with van der Waals surface area (Å²) in [4.78, 5) is 0. The van der Waals surface area contributed by atoms with E-state index in [1.165, 1.54) is 6.07 Å². The fraction of sp³-hybridized carbons (Fsp3) is 0.364. The molecule has 1 aromatic rings. The summed E-state index contributed by atoms with van der Waals surface area (Å²) in [6.07, 6.45) is -0.0187. The van der Waals surface area contributed by atoms with E-state index in [-0.39, 0.29) is 18.4 Å². The van der Waals surface area contributed by atoms with Gasteiger partial charge in [0.25, 0.3) is 10.1 Å². The monoisotopic (exact) mass is 275 g/mol. The van der Waals surface area contributed by atoms with Gasteiger partial charge in [-0.25, -0.2) is 8.78 Å². The summed E-state index contributed by atoms with van der Waals surface area (Å²) in [5.74, 6) is -2.12. The molecule has 0 bridgehead atoms. The van der Waals surface area contributed by atoms with Gasteiger partial charge in [-0.1, -0.05) is 6.07 Å². The number of nitrogens with zero attached hydrogens (tertiary/aromatic N) is 1. The third-order valence-electron chi connectivity index (χ3n) is 2.12. The van der Waals surface area contributed by atoms with Gasteiger partial charge in [-0.05, 0) is 24.1 Å². The summed E-state index contributed by atoms with van der Waals surface area (Å²) in [6.45, 7) is 0. The maximum Gasteiger partial charge on any atom is 0.264 e. The zero-order chi connectivity index (χ0) is 13.8. The second-order valence-electron chi connectivity index (χ2n) is 3.66. The number of hydrogen-bond donors (Lipinski definition) is 0. The third-order valence-corrected chi connectivity index (χ3v) is 2.71. The maximum absolute atomic E-state index is 13.0. The van der Waals surface area contributed by atoms with E-state index in [4.69, 9.17) is 9.44 Å². The summed E-state index contributed by atoms with van der Waals surface area (Å²) in [5.41, 5.74) is 0.176. The van der Waals surface area contributed by atoms with Crippen molar-refractivity contribution in [3.05, 3.63) is 35.4 Å². The average molecular weight is 275 g/mol. The Labute approximate surface area is 104 Å². The minimum absolute atomic E-state index is 0.0409. The quantitative estimate of drug-likeness (QED) is 0.773. The molecule has 0 N–H and O–H groups in total. The molecule has 0 saturated heterocycles. The summed E-state index contributed by atoms with van der Waals surface area (Å²) in [7, 11) is -3.75. The fourth-order valence-electron chi connectivity index (χ4n) is 1.39. The van der Waals surface area contributed by atoms with E-state index in [0.29, 0.717) is 0 Å². The van der Waals surface area contributed by atoms with Gasteiger partial charge in [0.2, 0.25) is 0 Å². The van der Waals surface area contributed by atoms with E-state index in [2.05, 4.69) is 0 Å². The lowest BCUT2D eigenvalue weighted by molar-refractivity contribution is 0.206. The molecule has 0 fully saturated rings. The molecule has 7 heteroatoms. The first kappa shape index (κ1) is 14.5. The SMILES string of the molecule is CS(=O)(=O)O[C@H](CCC#N)c1ccc(F)c(F)c1. The van der Waals surface area contributed by atoms with E-state index in [0.717, 1.165) is 18.4 Å². The molecule has 98 valence electrons. The van der Waals surface area contributed by atoms with Crippen molar-refractivity contribution >= 4 is 10.1 Å². The Balaban J connectivity index is 3.01. The second-order valence-corrected chi connectivity index (χ2v) is 5.26. The van der Waals surface area contributed by atoms with E-state index in [1.807, 2.05) is 6.07 Å². The topological polar surface area (TPSA) is 67.2 Å². The van der Waals surface area contributed by atoms with Crippen molar-refractivity contribution in [3.8, 4) is 6.07 Å². The Hall–Kier alpha value is -1.52. The Bertz CT molecular complexity index is 566. The predicted octanol–water partition coefficient (Wildman–Crippen LogP) is 2.29. The van der Waals surface area contributed by atoms with Gasteiger partial charge in [0, 0.05) is 6.42 Å². The van der Waals surface area contributed by atoms with Crippen LogP contribution in [0.2, 0.25) is 0 Å². The normalized spacial score (nSPS) is 13.0. The van der Waals surface area contributed by atoms with Crippen LogP contribution in [0.25, 0.3) is 0 Å². The fourth-order valence-corrected chi connectivity index (χ4v) is 2.02. The van der Waals surface area contributed by atoms with Crippen molar-refractivity contribution in [1.29, 1.82) is 5.26 Å². The molecule has 1 atom stereocenters. The molecule has 0 heterocycles. The van der Waals surface area contributed by atoms with Crippen molar-refractivity contribution in [2.75, 3.05) is 6.26 Å². The molecule has 0 aliphatic rings. The van der Waals surface area contributed by atoms with Crippen LogP contribution in [0.5, 0.6) is 0 Å². The molecule has 0 spiro atoms. The Morgan fingerprint density at radius 3 is 2.56 bits per heavy atom. The second kappa shape index (κ2) is 5.89. The number of rotatable bonds is 5. The van der Waals surface area contributed by atoms with Crippen molar-refractivity contribution in [3.63, 3.8) is 0 Å². The van der Waals surface area contributed by atoms with Crippen molar-refractivity contribution in [2.24, 2.45) is 0 Å². The van der Waals surface area contributed by atoms with Crippen LogP contribution in [0.15, 0.2) is 18.2 Å². The van der Waals surface area contributed by atoms with E-state index < -0.39 is 27.9 Å². The highest BCUT2D eigenvalue weighted by Crippen LogP contribution is 2.25. The molecule has 18 heavy (non-hydrogen) atoms. The van der Waals surface area contributed by atoms with Gasteiger partial charge in [0.05, 0.1) is 12.3 Å². The lowest BCUT2D eigenvalue weighted by Gasteiger charge is -2.15. The van der Waals surface area contributed by atoms with Gasteiger partial charge in [-0.2, -0.15) is 13.7 Å². The molecule has 4 nitrogen and oxygen atoms in total. The predicted molar refractivity (Wildman–Crippen MR) is 59.9 cm³/mol. The van der Waals surface area contributed by atoms with Gasteiger partial charge >= 0.3 is 0 Å². The molecular weight excluding hydrogens is 264 g/mol. The first-order valence-corrected chi connectivity index (χ1v) is 6.85. The minimum atomic E-state index is -3.75. The average Bonchev–Trinajstić information content (AvgIpc) is 2.26. The van der Waals surface area contributed by atoms with Gasteiger partial charge in [-0.3, -0.25) is 4.18 Å². The first-order valence-electron chi connectivity index (χ1n) is 5.03. The highest BCUT2D eigenvalue weighted by Gasteiger charge is 2.19. The maximum atomic E-state index is 13.0. The summed E-state index contributed by atoms with van der Waals surface area (Å²) >= 11 is 0. The molecule has 1 aromatic carbocycles. The van der Waals surface area contributed by atoms with Crippen LogP contribution in [-0.4, -0.2) is 14.7 Å². The number of hydrogen-bond acceptors (Lipinski definition) is 4. The summed E-state index contributed by atoms with van der Waals surface area (Å²) < 4.78 is 52.7. The lowest BCUT2D eigenvalue weighted by atomic mass is 10.1. The highest BCUT2D eigenvalue weighted by atomic mass is 32.2. The first-order chi connectivity index (χ1) is 8.33. The standard InChI is InChI=1S/C11H11F2NO3S/c1-18(15,16)17-11(3-2-6-14)8-4-5-9(12)10(13)7-8/h4-5,7,11H,2-3H2,1H3/t11-/m1/s1. The van der Waals surface area contributed by atoms with E-state index in [9.17, 15) is 17.2 Å². The minimum Gasteiger partial charge on any atom is -0.262 e. The van der Waals surface area contributed by atoms with Crippen LogP contribution in [0.4, 0.5) is 8.78 Å². The largest absolute Gasteiger partial charge is 0.264 e. The molecule has 0 saturated carbocycles. The van der Waals surface area contributed by atoms with Gasteiger partial charge in [-0.15, -0.1) is 0 Å². The summed E-state index contributed by atoms with van der Waals surface area (Å²) in [5, 5.41) is 8.47. The van der Waals surface area contributed by atoms with Crippen LogP contribution in [0.3, 0.4) is 0 Å². The van der Waals surface area contributed by atoms with Gasteiger partial charge in [0.1, 0.15) is 6.10 Å². The molecule has 0 amide bonds. The molecule has 0 unspecified atom stereocenters. The zero-order valence-corrected chi connectivity index (χ0v) is 10.4. The van der Waals surface area contributed by atoms with Crippen molar-refractivity contribution < 1.29 is 21.4 Å². The van der Waals surface area contributed by atoms with E-state index in [1.54, 1.807) is 0 Å². The van der Waals surface area contributed by atoms with E-state index >= 15 is 0 Å². The van der Waals surface area contributed by atoms with Crippen LogP contribution < -0.4 is 0 Å². The molecule has 0 aromatic heterocycles. The molecular formula is C11H11F2NO3S. The Morgan fingerprint density at radius 2 is 2.06 bits per heavy atom. The number of halogens is 2. The molecule has 1 rings (SSSR count). The van der Waals surface area contributed by atoms with Crippen LogP contribution >= 0.6 is 0 Å². The number of benzene rings is 1. The highest BCUT2D eigenvalue weighted by molar-refractivity contribution is 7.86. The van der Waals surface area contributed by atoms with Gasteiger partial charge < -0.3 is 0 Å².